The predicted molar refractivity (Wildman–Crippen MR) is 86.1 cm³/mol. The molecule has 5 heteroatoms. The fraction of sp³-hybridized carbons (Fsp3) is 0.176. The average Bonchev–Trinajstić information content (AvgIpc) is 2.53. The molecule has 0 amide bonds. The highest BCUT2D eigenvalue weighted by molar-refractivity contribution is 7.89. The van der Waals surface area contributed by atoms with Gasteiger partial charge in [0.1, 0.15) is 11.8 Å². The van der Waals surface area contributed by atoms with Crippen molar-refractivity contribution in [2.45, 2.75) is 17.9 Å². The van der Waals surface area contributed by atoms with Gasteiger partial charge >= 0.3 is 0 Å². The minimum Gasteiger partial charge on any atom is -0.497 e. The van der Waals surface area contributed by atoms with Gasteiger partial charge in [0.2, 0.25) is 10.0 Å². The van der Waals surface area contributed by atoms with Crippen LogP contribution in [0.2, 0.25) is 0 Å². The topological polar surface area (TPSA) is 55.4 Å². The van der Waals surface area contributed by atoms with Crippen LogP contribution in [-0.4, -0.2) is 15.5 Å². The van der Waals surface area contributed by atoms with E-state index in [4.69, 9.17) is 11.2 Å². The largest absolute Gasteiger partial charge is 0.497 e. The molecule has 4 nitrogen and oxygen atoms in total. The molecule has 2 aromatic rings. The van der Waals surface area contributed by atoms with Crippen molar-refractivity contribution < 1.29 is 13.2 Å². The number of aryl methyl sites for hydroxylation is 1. The van der Waals surface area contributed by atoms with Crippen LogP contribution in [0, 0.1) is 19.3 Å². The van der Waals surface area contributed by atoms with Crippen molar-refractivity contribution in [1.82, 2.24) is 4.72 Å². The Morgan fingerprint density at radius 3 is 2.18 bits per heavy atom. The van der Waals surface area contributed by atoms with Gasteiger partial charge in [0.05, 0.1) is 12.0 Å². The second-order valence-corrected chi connectivity index (χ2v) is 6.52. The van der Waals surface area contributed by atoms with Gasteiger partial charge in [0, 0.05) is 0 Å². The van der Waals surface area contributed by atoms with E-state index < -0.39 is 16.1 Å². The number of benzene rings is 2. The molecule has 0 saturated carbocycles. The summed E-state index contributed by atoms with van der Waals surface area (Å²) in [7, 11) is -2.11. The molecule has 0 bridgehead atoms. The van der Waals surface area contributed by atoms with E-state index in [1.54, 1.807) is 55.6 Å². The predicted octanol–water partition coefficient (Wildman–Crippen LogP) is 2.66. The van der Waals surface area contributed by atoms with Crippen LogP contribution in [0.25, 0.3) is 0 Å². The van der Waals surface area contributed by atoms with Gasteiger partial charge in [-0.3, -0.25) is 0 Å². The fourth-order valence-corrected chi connectivity index (χ4v) is 3.08. The summed E-state index contributed by atoms with van der Waals surface area (Å²) in [6, 6.07) is 12.8. The molecule has 1 atom stereocenters. The lowest BCUT2D eigenvalue weighted by atomic mass is 10.1. The molecule has 2 aromatic carbocycles. The molecule has 0 aliphatic rings. The van der Waals surface area contributed by atoms with Crippen LogP contribution in [0.1, 0.15) is 17.2 Å². The van der Waals surface area contributed by atoms with Gasteiger partial charge in [-0.05, 0) is 36.8 Å². The van der Waals surface area contributed by atoms with Crippen LogP contribution in [0.15, 0.2) is 53.4 Å². The number of rotatable bonds is 5. The quantitative estimate of drug-likeness (QED) is 0.863. The van der Waals surface area contributed by atoms with E-state index in [0.717, 1.165) is 5.56 Å². The molecule has 22 heavy (non-hydrogen) atoms. The van der Waals surface area contributed by atoms with Crippen LogP contribution in [0.3, 0.4) is 0 Å². The Labute approximate surface area is 131 Å². The highest BCUT2D eigenvalue weighted by Gasteiger charge is 2.19. The maximum absolute atomic E-state index is 12.4. The molecule has 0 spiro atoms. The van der Waals surface area contributed by atoms with Crippen molar-refractivity contribution in [2.24, 2.45) is 0 Å². The van der Waals surface area contributed by atoms with Gasteiger partial charge in [-0.25, -0.2) is 8.42 Å². The lowest BCUT2D eigenvalue weighted by molar-refractivity contribution is 0.414. The van der Waals surface area contributed by atoms with Gasteiger partial charge in [-0.15, -0.1) is 6.42 Å². The highest BCUT2D eigenvalue weighted by Crippen LogP contribution is 2.20. The summed E-state index contributed by atoms with van der Waals surface area (Å²) in [5.41, 5.74) is 1.67. The van der Waals surface area contributed by atoms with Crippen molar-refractivity contribution in [1.29, 1.82) is 0 Å². The second-order valence-electron chi connectivity index (χ2n) is 4.81. The van der Waals surface area contributed by atoms with Crippen LogP contribution in [0.4, 0.5) is 0 Å². The second kappa shape index (κ2) is 6.65. The molecule has 0 aliphatic carbocycles. The van der Waals surface area contributed by atoms with E-state index in [1.165, 1.54) is 0 Å². The lowest BCUT2D eigenvalue weighted by Crippen LogP contribution is -2.27. The van der Waals surface area contributed by atoms with E-state index in [-0.39, 0.29) is 4.90 Å². The first-order valence-corrected chi connectivity index (χ1v) is 8.13. The monoisotopic (exact) mass is 315 g/mol. The Morgan fingerprint density at radius 1 is 1.09 bits per heavy atom. The van der Waals surface area contributed by atoms with Gasteiger partial charge < -0.3 is 4.74 Å². The first-order chi connectivity index (χ1) is 10.5. The molecular weight excluding hydrogens is 298 g/mol. The zero-order valence-corrected chi connectivity index (χ0v) is 13.2. The third-order valence-corrected chi connectivity index (χ3v) is 4.66. The Morgan fingerprint density at radius 2 is 1.68 bits per heavy atom. The fourth-order valence-electron chi connectivity index (χ4n) is 1.94. The van der Waals surface area contributed by atoms with Crippen LogP contribution in [-0.2, 0) is 10.0 Å². The van der Waals surface area contributed by atoms with E-state index in [9.17, 15) is 8.42 Å². The van der Waals surface area contributed by atoms with E-state index >= 15 is 0 Å². The smallest absolute Gasteiger partial charge is 0.241 e. The molecule has 0 aliphatic heterocycles. The van der Waals surface area contributed by atoms with Crippen molar-refractivity contribution in [3.63, 3.8) is 0 Å². The summed E-state index contributed by atoms with van der Waals surface area (Å²) in [4.78, 5) is 0.187. The van der Waals surface area contributed by atoms with E-state index in [0.29, 0.717) is 11.3 Å². The molecule has 114 valence electrons. The summed E-state index contributed by atoms with van der Waals surface area (Å²) >= 11 is 0. The summed E-state index contributed by atoms with van der Waals surface area (Å²) in [6.45, 7) is 1.89. The molecule has 1 N–H and O–H groups in total. The molecule has 0 fully saturated rings. The third-order valence-electron chi connectivity index (χ3n) is 3.22. The van der Waals surface area contributed by atoms with E-state index in [1.807, 2.05) is 6.92 Å². The minimum absolute atomic E-state index is 0.187. The number of sulfonamides is 1. The third kappa shape index (κ3) is 3.67. The van der Waals surface area contributed by atoms with Crippen LogP contribution < -0.4 is 9.46 Å². The minimum atomic E-state index is -3.68. The highest BCUT2D eigenvalue weighted by atomic mass is 32.2. The summed E-state index contributed by atoms with van der Waals surface area (Å²) in [5.74, 6) is 3.14. The van der Waals surface area contributed by atoms with Crippen molar-refractivity contribution in [3.8, 4) is 18.1 Å². The summed E-state index contributed by atoms with van der Waals surface area (Å²) in [5, 5.41) is 0. The van der Waals surface area contributed by atoms with E-state index in [2.05, 4.69) is 10.6 Å². The number of nitrogens with one attached hydrogen (secondary N) is 1. The lowest BCUT2D eigenvalue weighted by Gasteiger charge is -2.14. The first kappa shape index (κ1) is 16.1. The Bertz CT molecular complexity index is 772. The zero-order valence-electron chi connectivity index (χ0n) is 12.4. The average molecular weight is 315 g/mol. The number of hydrogen-bond donors (Lipinski definition) is 1. The molecule has 0 heterocycles. The van der Waals surface area contributed by atoms with Gasteiger partial charge in [0.25, 0.3) is 0 Å². The number of ether oxygens (including phenoxy) is 1. The number of terminal acetylenes is 1. The number of methoxy groups -OCH3 is 1. The van der Waals surface area contributed by atoms with Crippen molar-refractivity contribution in [3.05, 3.63) is 59.7 Å². The Kier molecular flexibility index (Phi) is 4.86. The first-order valence-electron chi connectivity index (χ1n) is 6.65. The summed E-state index contributed by atoms with van der Waals surface area (Å²) < 4.78 is 32.4. The molecule has 0 aromatic heterocycles. The van der Waals surface area contributed by atoms with Crippen LogP contribution in [0.5, 0.6) is 5.75 Å². The normalized spacial score (nSPS) is 12.4. The standard InChI is InChI=1S/C17H17NO3S/c1-4-17(14-7-9-15(21-3)10-8-14)18-22(19,20)16-11-5-13(2)6-12-16/h1,5-12,17-18H,2-3H3. The molecule has 0 radical (unpaired) electrons. The molecule has 1 unspecified atom stereocenters. The number of hydrogen-bond acceptors (Lipinski definition) is 3. The van der Waals surface area contributed by atoms with Gasteiger partial charge in [-0.2, -0.15) is 4.72 Å². The van der Waals surface area contributed by atoms with Crippen molar-refractivity contribution >= 4 is 10.0 Å². The Balaban J connectivity index is 2.25. The maximum atomic E-state index is 12.4. The Hall–Kier alpha value is -2.29. The van der Waals surface area contributed by atoms with Crippen molar-refractivity contribution in [2.75, 3.05) is 7.11 Å². The zero-order chi connectivity index (χ0) is 16.2. The SMILES string of the molecule is C#CC(NS(=O)(=O)c1ccc(C)cc1)c1ccc(OC)cc1. The summed E-state index contributed by atoms with van der Waals surface area (Å²) in [6.07, 6.45) is 5.48. The molecule has 0 saturated heterocycles. The molecular formula is C17H17NO3S. The van der Waals surface area contributed by atoms with Gasteiger partial charge in [0.15, 0.2) is 0 Å². The maximum Gasteiger partial charge on any atom is 0.241 e. The molecule has 2 rings (SSSR count). The van der Waals surface area contributed by atoms with Crippen LogP contribution >= 0.6 is 0 Å². The van der Waals surface area contributed by atoms with Gasteiger partial charge in [-0.1, -0.05) is 35.7 Å².